The molecule has 0 spiro atoms. The molecule has 0 aliphatic heterocycles. The zero-order valence-corrected chi connectivity index (χ0v) is 12.4. The number of hydrogen-bond acceptors (Lipinski definition) is 4. The quantitative estimate of drug-likeness (QED) is 0.728. The first-order chi connectivity index (χ1) is 10.6. The Bertz CT molecular complexity index is 584. The van der Waals surface area contributed by atoms with E-state index in [0.29, 0.717) is 18.1 Å². The highest BCUT2D eigenvalue weighted by atomic mass is 16.5. The third kappa shape index (κ3) is 5.49. The number of furan rings is 1. The van der Waals surface area contributed by atoms with Gasteiger partial charge in [-0.25, -0.2) is 4.79 Å². The van der Waals surface area contributed by atoms with E-state index >= 15 is 0 Å². The summed E-state index contributed by atoms with van der Waals surface area (Å²) >= 11 is 0. The predicted molar refractivity (Wildman–Crippen MR) is 81.6 cm³/mol. The van der Waals surface area contributed by atoms with Gasteiger partial charge in [0.05, 0.1) is 12.8 Å². The molecule has 1 aromatic carbocycles. The summed E-state index contributed by atoms with van der Waals surface area (Å²) in [5.74, 6) is 1.36. The Kier molecular flexibility index (Phi) is 5.85. The van der Waals surface area contributed by atoms with Gasteiger partial charge in [-0.1, -0.05) is 12.1 Å². The Labute approximate surface area is 129 Å². The van der Waals surface area contributed by atoms with E-state index in [0.717, 1.165) is 5.56 Å². The van der Waals surface area contributed by atoms with Crippen LogP contribution in [0.4, 0.5) is 4.79 Å². The maximum Gasteiger partial charge on any atom is 0.315 e. The highest BCUT2D eigenvalue weighted by Gasteiger charge is 2.08. The molecule has 0 aliphatic rings. The lowest BCUT2D eigenvalue weighted by Crippen LogP contribution is -2.41. The molecular weight excluding hydrogens is 284 g/mol. The lowest BCUT2D eigenvalue weighted by atomic mass is 10.2. The van der Waals surface area contributed by atoms with Crippen molar-refractivity contribution in [2.45, 2.75) is 19.6 Å². The van der Waals surface area contributed by atoms with E-state index in [4.69, 9.17) is 9.15 Å². The van der Waals surface area contributed by atoms with Crippen LogP contribution in [0.25, 0.3) is 0 Å². The first-order valence-electron chi connectivity index (χ1n) is 7.05. The molecule has 2 rings (SSSR count). The number of carbonyl (C=O) groups excluding carboxylic acids is 1. The zero-order chi connectivity index (χ0) is 15.8. The van der Waals surface area contributed by atoms with Gasteiger partial charge in [-0.2, -0.15) is 0 Å². The number of aliphatic hydroxyl groups excluding tert-OH is 1. The summed E-state index contributed by atoms with van der Waals surface area (Å²) < 4.78 is 10.6. The first kappa shape index (κ1) is 15.9. The monoisotopic (exact) mass is 304 g/mol. The van der Waals surface area contributed by atoms with Gasteiger partial charge in [0.25, 0.3) is 0 Å². The molecule has 3 N–H and O–H groups in total. The Balaban J connectivity index is 1.62. The second-order valence-electron chi connectivity index (χ2n) is 4.92. The minimum Gasteiger partial charge on any atom is -0.491 e. The lowest BCUT2D eigenvalue weighted by molar-refractivity contribution is 0.107. The highest BCUT2D eigenvalue weighted by Crippen LogP contribution is 2.12. The average Bonchev–Trinajstić information content (AvgIpc) is 3.02. The summed E-state index contributed by atoms with van der Waals surface area (Å²) in [4.78, 5) is 11.5. The number of rotatable bonds is 7. The Morgan fingerprint density at radius 3 is 2.91 bits per heavy atom. The van der Waals surface area contributed by atoms with Crippen molar-refractivity contribution in [3.05, 3.63) is 54.0 Å². The normalized spacial score (nSPS) is 11.7. The largest absolute Gasteiger partial charge is 0.491 e. The van der Waals surface area contributed by atoms with Crippen LogP contribution in [-0.2, 0) is 6.54 Å². The summed E-state index contributed by atoms with van der Waals surface area (Å²) in [5.41, 5.74) is 1.09. The molecule has 1 heterocycles. The van der Waals surface area contributed by atoms with Gasteiger partial charge in [0.15, 0.2) is 0 Å². The number of hydrogen-bond donors (Lipinski definition) is 3. The van der Waals surface area contributed by atoms with Gasteiger partial charge in [-0.3, -0.25) is 0 Å². The molecule has 0 saturated heterocycles. The van der Waals surface area contributed by atoms with Crippen LogP contribution in [0, 0.1) is 6.92 Å². The molecule has 6 nitrogen and oxygen atoms in total. The summed E-state index contributed by atoms with van der Waals surface area (Å²) in [6.45, 7) is 2.49. The third-order valence-electron chi connectivity index (χ3n) is 2.93. The van der Waals surface area contributed by atoms with E-state index < -0.39 is 6.10 Å². The van der Waals surface area contributed by atoms with Crippen LogP contribution in [0.3, 0.4) is 0 Å². The Morgan fingerprint density at radius 1 is 1.32 bits per heavy atom. The van der Waals surface area contributed by atoms with Gasteiger partial charge in [0, 0.05) is 6.54 Å². The summed E-state index contributed by atoms with van der Waals surface area (Å²) in [6.07, 6.45) is 0.760. The first-order valence-corrected chi connectivity index (χ1v) is 7.05. The van der Waals surface area contributed by atoms with Crippen LogP contribution >= 0.6 is 0 Å². The van der Waals surface area contributed by atoms with Gasteiger partial charge in [-0.05, 0) is 36.8 Å². The van der Waals surface area contributed by atoms with E-state index in [1.54, 1.807) is 18.4 Å². The van der Waals surface area contributed by atoms with Gasteiger partial charge in [0.1, 0.15) is 24.2 Å². The summed E-state index contributed by atoms with van der Waals surface area (Å²) in [6, 6.07) is 10.7. The average molecular weight is 304 g/mol. The summed E-state index contributed by atoms with van der Waals surface area (Å²) in [7, 11) is 0. The Morgan fingerprint density at radius 2 is 2.18 bits per heavy atom. The van der Waals surface area contributed by atoms with Crippen LogP contribution in [0.5, 0.6) is 5.75 Å². The maximum atomic E-state index is 11.5. The second kappa shape index (κ2) is 8.09. The molecule has 118 valence electrons. The fraction of sp³-hybridized carbons (Fsp3) is 0.312. The molecule has 0 saturated carbocycles. The molecule has 0 fully saturated rings. The van der Waals surface area contributed by atoms with Crippen molar-refractivity contribution in [1.82, 2.24) is 10.6 Å². The molecule has 2 aromatic rings. The molecule has 0 radical (unpaired) electrons. The second-order valence-corrected chi connectivity index (χ2v) is 4.92. The van der Waals surface area contributed by atoms with Crippen molar-refractivity contribution in [3.8, 4) is 5.75 Å². The van der Waals surface area contributed by atoms with Gasteiger partial charge in [0.2, 0.25) is 0 Å². The van der Waals surface area contributed by atoms with Crippen molar-refractivity contribution in [3.63, 3.8) is 0 Å². The van der Waals surface area contributed by atoms with E-state index in [1.165, 1.54) is 0 Å². The number of ether oxygens (including phenoxy) is 1. The summed E-state index contributed by atoms with van der Waals surface area (Å²) in [5, 5.41) is 15.0. The van der Waals surface area contributed by atoms with Gasteiger partial charge in [-0.15, -0.1) is 0 Å². The number of urea groups is 1. The van der Waals surface area contributed by atoms with Crippen molar-refractivity contribution >= 4 is 6.03 Å². The lowest BCUT2D eigenvalue weighted by Gasteiger charge is -2.13. The van der Waals surface area contributed by atoms with Crippen molar-refractivity contribution < 1.29 is 19.1 Å². The minimum absolute atomic E-state index is 0.107. The van der Waals surface area contributed by atoms with Crippen LogP contribution in [0.15, 0.2) is 47.1 Å². The number of aryl methyl sites for hydroxylation is 1. The molecule has 1 unspecified atom stereocenters. The molecule has 22 heavy (non-hydrogen) atoms. The number of benzene rings is 1. The third-order valence-corrected chi connectivity index (χ3v) is 2.93. The minimum atomic E-state index is -0.783. The van der Waals surface area contributed by atoms with Crippen LogP contribution in [-0.4, -0.2) is 30.4 Å². The predicted octanol–water partition coefficient (Wildman–Crippen LogP) is 1.83. The Hall–Kier alpha value is -2.47. The van der Waals surface area contributed by atoms with Crippen molar-refractivity contribution in [2.24, 2.45) is 0 Å². The maximum absolute atomic E-state index is 11.5. The topological polar surface area (TPSA) is 83.7 Å². The number of nitrogens with one attached hydrogen (secondary N) is 2. The van der Waals surface area contributed by atoms with Gasteiger partial charge < -0.3 is 24.9 Å². The number of aliphatic hydroxyl groups is 1. The van der Waals surface area contributed by atoms with Crippen LogP contribution < -0.4 is 15.4 Å². The molecule has 6 heteroatoms. The standard InChI is InChI=1S/C16H20N2O4/c1-12-4-2-5-14(8-12)22-11-13(19)9-17-16(20)18-10-15-6-3-7-21-15/h2-8,13,19H,9-11H2,1H3,(H2,17,18,20). The smallest absolute Gasteiger partial charge is 0.315 e. The van der Waals surface area contributed by atoms with E-state index in [2.05, 4.69) is 10.6 Å². The molecule has 1 aromatic heterocycles. The van der Waals surface area contributed by atoms with Crippen LogP contribution in [0.2, 0.25) is 0 Å². The van der Waals surface area contributed by atoms with Crippen molar-refractivity contribution in [2.75, 3.05) is 13.2 Å². The molecule has 0 bridgehead atoms. The fourth-order valence-electron chi connectivity index (χ4n) is 1.81. The van der Waals surface area contributed by atoms with E-state index in [9.17, 15) is 9.90 Å². The highest BCUT2D eigenvalue weighted by molar-refractivity contribution is 5.73. The van der Waals surface area contributed by atoms with Crippen molar-refractivity contribution in [1.29, 1.82) is 0 Å². The van der Waals surface area contributed by atoms with E-state index in [1.807, 2.05) is 31.2 Å². The number of amides is 2. The van der Waals surface area contributed by atoms with E-state index in [-0.39, 0.29) is 19.2 Å². The molecular formula is C16H20N2O4. The SMILES string of the molecule is Cc1cccc(OCC(O)CNC(=O)NCc2ccco2)c1. The molecule has 1 atom stereocenters. The number of carbonyl (C=O) groups is 1. The zero-order valence-electron chi connectivity index (χ0n) is 12.4. The van der Waals surface area contributed by atoms with Crippen LogP contribution in [0.1, 0.15) is 11.3 Å². The molecule has 0 aliphatic carbocycles. The fourth-order valence-corrected chi connectivity index (χ4v) is 1.81. The van der Waals surface area contributed by atoms with Gasteiger partial charge >= 0.3 is 6.03 Å². The molecule has 2 amide bonds.